The second-order valence-electron chi connectivity index (χ2n) is 11.2. The summed E-state index contributed by atoms with van der Waals surface area (Å²) in [7, 11) is 1.96. The molecule has 3 saturated heterocycles. The van der Waals surface area contributed by atoms with Gasteiger partial charge in [0.1, 0.15) is 18.3 Å². The van der Waals surface area contributed by atoms with Gasteiger partial charge in [0.25, 0.3) is 5.91 Å². The van der Waals surface area contributed by atoms with Crippen LogP contribution in [0.3, 0.4) is 0 Å². The van der Waals surface area contributed by atoms with Crippen LogP contribution in [0.4, 0.5) is 5.69 Å². The molecule has 0 bridgehead atoms. The maximum Gasteiger partial charge on any atom is 0.272 e. The first-order chi connectivity index (χ1) is 18.9. The molecule has 0 aliphatic carbocycles. The zero-order chi connectivity index (χ0) is 27.4. The molecule has 1 aromatic heterocycles. The van der Waals surface area contributed by atoms with Crippen LogP contribution in [0.5, 0.6) is 5.88 Å². The van der Waals surface area contributed by atoms with Gasteiger partial charge >= 0.3 is 0 Å². The number of ether oxygens (including phenoxy) is 1. The van der Waals surface area contributed by atoms with Crippen LogP contribution in [0.1, 0.15) is 48.2 Å². The number of anilines is 1. The van der Waals surface area contributed by atoms with Gasteiger partial charge in [-0.15, -0.1) is 4.31 Å². The quantitative estimate of drug-likeness (QED) is 0.461. The molecular weight excluding hydrogens is 512 g/mol. The molecule has 1 amide bonds. The molecule has 10 heteroatoms. The summed E-state index contributed by atoms with van der Waals surface area (Å²) in [4.78, 5) is 29.0. The number of hydrogen-bond donors (Lipinski definition) is 0. The molecule has 3 aliphatic heterocycles. The Morgan fingerprint density at radius 1 is 1.05 bits per heavy atom. The highest BCUT2D eigenvalue weighted by Gasteiger charge is 2.33. The summed E-state index contributed by atoms with van der Waals surface area (Å²) in [6.45, 7) is 7.99. The largest absolute Gasteiger partial charge is 0.598 e. The Hall–Kier alpha value is -2.40. The number of piperidine rings is 2. The molecule has 4 heterocycles. The first kappa shape index (κ1) is 28.1. The SMILES string of the molecule is Cc1c(OCC2CCN(c3ccccc3)C2)ncnc1C(=O)N1CCC(N2CCC(N(C)[S+](C)[O-])CC2)CC1. The Labute approximate surface area is 235 Å². The third kappa shape index (κ3) is 6.67. The normalized spacial score (nSPS) is 22.4. The van der Waals surface area contributed by atoms with Gasteiger partial charge in [-0.3, -0.25) is 4.79 Å². The Balaban J connectivity index is 1.10. The van der Waals surface area contributed by atoms with Gasteiger partial charge in [-0.05, 0) is 51.2 Å². The molecule has 0 N–H and O–H groups in total. The minimum atomic E-state index is -0.918. The fourth-order valence-corrected chi connectivity index (χ4v) is 6.87. The van der Waals surface area contributed by atoms with Crippen LogP contribution in [-0.2, 0) is 11.4 Å². The number of carbonyl (C=O) groups excluding carboxylic acids is 1. The number of carbonyl (C=O) groups is 1. The van der Waals surface area contributed by atoms with Gasteiger partial charge in [-0.1, -0.05) is 18.2 Å². The molecule has 3 aliphatic rings. The monoisotopic (exact) mass is 554 g/mol. The molecule has 0 saturated carbocycles. The van der Waals surface area contributed by atoms with Crippen LogP contribution in [0.25, 0.3) is 0 Å². The number of aromatic nitrogens is 2. The maximum absolute atomic E-state index is 13.4. The van der Waals surface area contributed by atoms with Crippen LogP contribution in [0.15, 0.2) is 36.7 Å². The van der Waals surface area contributed by atoms with Gasteiger partial charge in [0, 0.05) is 80.9 Å². The van der Waals surface area contributed by atoms with Crippen molar-refractivity contribution in [3.05, 3.63) is 47.9 Å². The van der Waals surface area contributed by atoms with E-state index in [2.05, 4.69) is 44.0 Å². The van der Waals surface area contributed by atoms with E-state index < -0.39 is 11.4 Å². The lowest BCUT2D eigenvalue weighted by Gasteiger charge is -2.42. The molecule has 2 atom stereocenters. The summed E-state index contributed by atoms with van der Waals surface area (Å²) in [5, 5.41) is 0. The smallest absolute Gasteiger partial charge is 0.272 e. The van der Waals surface area contributed by atoms with E-state index in [1.165, 1.54) is 12.0 Å². The fourth-order valence-electron chi connectivity index (χ4n) is 6.24. The summed E-state index contributed by atoms with van der Waals surface area (Å²) < 4.78 is 19.9. The lowest BCUT2D eigenvalue weighted by Crippen LogP contribution is -2.52. The Kier molecular flexibility index (Phi) is 9.27. The molecule has 0 spiro atoms. The summed E-state index contributed by atoms with van der Waals surface area (Å²) in [6, 6.07) is 11.4. The zero-order valence-corrected chi connectivity index (χ0v) is 24.3. The van der Waals surface area contributed by atoms with Crippen molar-refractivity contribution in [2.24, 2.45) is 5.92 Å². The number of likely N-dealkylation sites (tertiary alicyclic amines) is 2. The first-order valence-electron chi connectivity index (χ1n) is 14.2. The fraction of sp³-hybridized carbons (Fsp3) is 0.621. The number of rotatable bonds is 8. The summed E-state index contributed by atoms with van der Waals surface area (Å²) >= 11 is -0.918. The average molecular weight is 555 g/mol. The highest BCUT2D eigenvalue weighted by atomic mass is 32.2. The van der Waals surface area contributed by atoms with Crippen molar-refractivity contribution in [3.63, 3.8) is 0 Å². The van der Waals surface area contributed by atoms with Crippen molar-refractivity contribution in [1.29, 1.82) is 0 Å². The van der Waals surface area contributed by atoms with Crippen molar-refractivity contribution < 1.29 is 14.1 Å². The molecule has 1 aromatic carbocycles. The van der Waals surface area contributed by atoms with Gasteiger partial charge < -0.3 is 24.0 Å². The Bertz CT molecular complexity index is 1090. The summed E-state index contributed by atoms with van der Waals surface area (Å²) in [5.74, 6) is 0.912. The third-order valence-corrected chi connectivity index (χ3v) is 9.90. The second kappa shape index (κ2) is 12.8. The predicted molar refractivity (Wildman–Crippen MR) is 154 cm³/mol. The summed E-state index contributed by atoms with van der Waals surface area (Å²) in [5.41, 5.74) is 2.43. The van der Waals surface area contributed by atoms with Crippen LogP contribution >= 0.6 is 0 Å². The maximum atomic E-state index is 13.4. The van der Waals surface area contributed by atoms with Crippen LogP contribution in [-0.4, -0.2) is 106 Å². The lowest BCUT2D eigenvalue weighted by atomic mass is 9.97. The van der Waals surface area contributed by atoms with Crippen molar-refractivity contribution in [3.8, 4) is 5.88 Å². The molecule has 0 radical (unpaired) electrons. The molecule has 2 unspecified atom stereocenters. The predicted octanol–water partition coefficient (Wildman–Crippen LogP) is 2.98. The minimum absolute atomic E-state index is 0.0277. The van der Waals surface area contributed by atoms with Gasteiger partial charge in [-0.25, -0.2) is 9.97 Å². The topological polar surface area (TPSA) is 88.1 Å². The van der Waals surface area contributed by atoms with E-state index in [1.54, 1.807) is 6.26 Å². The molecular formula is C29H42N6O3S. The molecule has 39 heavy (non-hydrogen) atoms. The zero-order valence-electron chi connectivity index (χ0n) is 23.5. The molecule has 9 nitrogen and oxygen atoms in total. The highest BCUT2D eigenvalue weighted by molar-refractivity contribution is 7.88. The van der Waals surface area contributed by atoms with Crippen LogP contribution in [0, 0.1) is 12.8 Å². The van der Waals surface area contributed by atoms with E-state index in [0.717, 1.165) is 76.9 Å². The average Bonchev–Trinajstić information content (AvgIpc) is 3.46. The number of nitrogens with zero attached hydrogens (tertiary/aromatic N) is 6. The first-order valence-corrected chi connectivity index (χ1v) is 15.8. The number of hydrogen-bond acceptors (Lipinski definition) is 8. The second-order valence-corrected chi connectivity index (χ2v) is 12.6. The molecule has 5 rings (SSSR count). The van der Waals surface area contributed by atoms with E-state index in [0.29, 0.717) is 36.2 Å². The molecule has 3 fully saturated rings. The van der Waals surface area contributed by atoms with Gasteiger partial charge in [0.05, 0.1) is 12.6 Å². The third-order valence-electron chi connectivity index (χ3n) is 8.79. The van der Waals surface area contributed by atoms with Gasteiger partial charge in [-0.2, -0.15) is 0 Å². The molecule has 2 aromatic rings. The standard InChI is InChI=1S/C29H42N6O3S/c1-22-27(30-21-31-28(22)38-20-23-9-14-35(19-23)25-7-5-4-6-8-25)29(36)34-17-12-26(13-18-34)33-15-10-24(11-16-33)32(2)39(3)37/h4-8,21,23-24,26H,9-20H2,1-3H3. The van der Waals surface area contributed by atoms with E-state index in [1.807, 2.05) is 29.2 Å². The highest BCUT2D eigenvalue weighted by Crippen LogP contribution is 2.27. The van der Waals surface area contributed by atoms with E-state index >= 15 is 0 Å². The Morgan fingerprint density at radius 2 is 1.77 bits per heavy atom. The van der Waals surface area contributed by atoms with Crippen molar-refractivity contribution >= 4 is 23.0 Å². The number of amides is 1. The van der Waals surface area contributed by atoms with E-state index in [4.69, 9.17) is 4.74 Å². The lowest BCUT2D eigenvalue weighted by molar-refractivity contribution is 0.0541. The summed E-state index contributed by atoms with van der Waals surface area (Å²) in [6.07, 6.45) is 8.32. The minimum Gasteiger partial charge on any atom is -0.598 e. The molecule has 212 valence electrons. The van der Waals surface area contributed by atoms with Crippen molar-refractivity contribution in [1.82, 2.24) is 24.1 Å². The number of para-hydroxylation sites is 1. The van der Waals surface area contributed by atoms with Crippen LogP contribution in [0.2, 0.25) is 0 Å². The van der Waals surface area contributed by atoms with Crippen molar-refractivity contribution in [2.75, 3.05) is 64.1 Å². The number of benzene rings is 1. The van der Waals surface area contributed by atoms with Crippen molar-refractivity contribution in [2.45, 2.75) is 51.1 Å². The van der Waals surface area contributed by atoms with E-state index in [-0.39, 0.29) is 5.91 Å². The Morgan fingerprint density at radius 3 is 2.46 bits per heavy atom. The van der Waals surface area contributed by atoms with E-state index in [9.17, 15) is 9.35 Å². The van der Waals surface area contributed by atoms with Gasteiger partial charge in [0.15, 0.2) is 0 Å². The van der Waals surface area contributed by atoms with Gasteiger partial charge in [0.2, 0.25) is 5.88 Å². The van der Waals surface area contributed by atoms with Crippen LogP contribution < -0.4 is 9.64 Å².